The van der Waals surface area contributed by atoms with E-state index in [0.717, 1.165) is 38.2 Å². The van der Waals surface area contributed by atoms with Gasteiger partial charge in [0.2, 0.25) is 11.8 Å². The number of anilines is 3. The molecule has 0 aliphatic carbocycles. The quantitative estimate of drug-likeness (QED) is 0.329. The first kappa shape index (κ1) is 21.6. The molecular weight excluding hydrogens is 470 g/mol. The fourth-order valence-electron chi connectivity index (χ4n) is 3.50. The van der Waals surface area contributed by atoms with Gasteiger partial charge in [0, 0.05) is 22.0 Å². The second kappa shape index (κ2) is 9.25. The summed E-state index contributed by atoms with van der Waals surface area (Å²) in [4.78, 5) is 22.2. The molecule has 0 radical (unpaired) electrons. The Hall–Kier alpha value is -3.62. The largest absolute Gasteiger partial charge is 0.397 e. The summed E-state index contributed by atoms with van der Waals surface area (Å²) in [7, 11) is 0. The minimum absolute atomic E-state index is 0.00469. The molecular formula is C24H22BrN5O2. The SMILES string of the molecule is N/C(=C\N(N)c1ccc2c(c1)CC(=O)N2)c1ccccc1.O=C1Cc2cc(Br)ccc2N1. The first-order valence-corrected chi connectivity index (χ1v) is 10.8. The normalized spacial score (nSPS) is 14.0. The molecule has 2 aliphatic rings. The molecule has 8 heteroatoms. The van der Waals surface area contributed by atoms with Crippen LogP contribution in [0.1, 0.15) is 16.7 Å². The fourth-order valence-corrected chi connectivity index (χ4v) is 3.91. The van der Waals surface area contributed by atoms with E-state index < -0.39 is 0 Å². The van der Waals surface area contributed by atoms with E-state index in [1.165, 1.54) is 5.01 Å². The predicted molar refractivity (Wildman–Crippen MR) is 131 cm³/mol. The zero-order chi connectivity index (χ0) is 22.7. The molecule has 0 saturated carbocycles. The topological polar surface area (TPSA) is 113 Å². The van der Waals surface area contributed by atoms with Gasteiger partial charge in [-0.25, -0.2) is 5.84 Å². The third-order valence-electron chi connectivity index (χ3n) is 5.09. The highest BCUT2D eigenvalue weighted by Gasteiger charge is 2.18. The number of carbonyl (C=O) groups excluding carboxylic acids is 2. The minimum Gasteiger partial charge on any atom is -0.397 e. The van der Waals surface area contributed by atoms with Crippen LogP contribution in [0.5, 0.6) is 0 Å². The maximum absolute atomic E-state index is 11.4. The van der Waals surface area contributed by atoms with E-state index >= 15 is 0 Å². The lowest BCUT2D eigenvalue weighted by Crippen LogP contribution is -2.25. The van der Waals surface area contributed by atoms with Crippen molar-refractivity contribution in [2.75, 3.05) is 15.6 Å². The van der Waals surface area contributed by atoms with E-state index in [9.17, 15) is 9.59 Å². The maximum Gasteiger partial charge on any atom is 0.228 e. The third kappa shape index (κ3) is 4.99. The van der Waals surface area contributed by atoms with Crippen LogP contribution in [0.25, 0.3) is 5.70 Å². The number of amides is 2. The van der Waals surface area contributed by atoms with Crippen LogP contribution in [0, 0.1) is 0 Å². The molecule has 2 amide bonds. The molecule has 0 fully saturated rings. The van der Waals surface area contributed by atoms with Crippen LogP contribution in [-0.4, -0.2) is 11.8 Å². The number of hydrogen-bond donors (Lipinski definition) is 4. The number of carbonyl (C=O) groups is 2. The van der Waals surface area contributed by atoms with Gasteiger partial charge in [0.05, 0.1) is 24.2 Å². The molecule has 0 saturated heterocycles. The molecule has 3 aromatic rings. The molecule has 162 valence electrons. The van der Waals surface area contributed by atoms with Gasteiger partial charge in [0.15, 0.2) is 0 Å². The van der Waals surface area contributed by atoms with Crippen molar-refractivity contribution in [3.63, 3.8) is 0 Å². The van der Waals surface area contributed by atoms with Crippen LogP contribution in [0.3, 0.4) is 0 Å². The lowest BCUT2D eigenvalue weighted by molar-refractivity contribution is -0.115. The van der Waals surface area contributed by atoms with Crippen molar-refractivity contribution >= 4 is 50.5 Å². The van der Waals surface area contributed by atoms with E-state index in [1.807, 2.05) is 66.7 Å². The zero-order valence-corrected chi connectivity index (χ0v) is 18.7. The number of hydrogen-bond acceptors (Lipinski definition) is 5. The van der Waals surface area contributed by atoms with Gasteiger partial charge in [-0.3, -0.25) is 14.6 Å². The molecule has 3 aromatic carbocycles. The Kier molecular flexibility index (Phi) is 6.25. The number of rotatable bonds is 3. The Balaban J connectivity index is 0.000000186. The summed E-state index contributed by atoms with van der Waals surface area (Å²) in [5, 5.41) is 7.02. The molecule has 2 aliphatic heterocycles. The van der Waals surface area contributed by atoms with Gasteiger partial charge < -0.3 is 16.4 Å². The highest BCUT2D eigenvalue weighted by Crippen LogP contribution is 2.28. The molecule has 6 N–H and O–H groups in total. The molecule has 32 heavy (non-hydrogen) atoms. The van der Waals surface area contributed by atoms with E-state index in [0.29, 0.717) is 18.5 Å². The summed E-state index contributed by atoms with van der Waals surface area (Å²) in [6, 6.07) is 21.0. The van der Waals surface area contributed by atoms with Gasteiger partial charge in [-0.15, -0.1) is 0 Å². The molecule has 0 atom stereocenters. The number of fused-ring (bicyclic) bond motifs is 2. The van der Waals surface area contributed by atoms with Gasteiger partial charge in [0.25, 0.3) is 0 Å². The monoisotopic (exact) mass is 491 g/mol. The van der Waals surface area contributed by atoms with Crippen molar-refractivity contribution < 1.29 is 9.59 Å². The van der Waals surface area contributed by atoms with Crippen molar-refractivity contribution in [2.45, 2.75) is 12.8 Å². The first-order valence-electron chi connectivity index (χ1n) is 9.97. The van der Waals surface area contributed by atoms with Gasteiger partial charge in [0.1, 0.15) is 0 Å². The number of benzene rings is 3. The van der Waals surface area contributed by atoms with Crippen molar-refractivity contribution in [3.8, 4) is 0 Å². The highest BCUT2D eigenvalue weighted by atomic mass is 79.9. The van der Waals surface area contributed by atoms with Gasteiger partial charge in [-0.2, -0.15) is 0 Å². The summed E-state index contributed by atoms with van der Waals surface area (Å²) < 4.78 is 1.02. The van der Waals surface area contributed by atoms with Gasteiger partial charge in [-0.1, -0.05) is 46.3 Å². The second-order valence-electron chi connectivity index (χ2n) is 7.45. The summed E-state index contributed by atoms with van der Waals surface area (Å²) in [6.45, 7) is 0. The smallest absolute Gasteiger partial charge is 0.228 e. The van der Waals surface area contributed by atoms with E-state index in [2.05, 4.69) is 26.6 Å². The number of nitrogens with two attached hydrogens (primary N) is 2. The van der Waals surface area contributed by atoms with Crippen molar-refractivity contribution in [1.29, 1.82) is 0 Å². The number of hydrazine groups is 1. The second-order valence-corrected chi connectivity index (χ2v) is 8.37. The summed E-state index contributed by atoms with van der Waals surface area (Å²) in [5.41, 5.74) is 12.1. The van der Waals surface area contributed by atoms with Gasteiger partial charge >= 0.3 is 0 Å². The van der Waals surface area contributed by atoms with Crippen LogP contribution in [0.4, 0.5) is 17.1 Å². The summed E-state index contributed by atoms with van der Waals surface area (Å²) in [5.74, 6) is 6.12. The Morgan fingerprint density at radius 2 is 1.47 bits per heavy atom. The molecule has 0 unspecified atom stereocenters. The van der Waals surface area contributed by atoms with Crippen LogP contribution in [0.15, 0.2) is 77.4 Å². The molecule has 5 rings (SSSR count). The van der Waals surface area contributed by atoms with Crippen molar-refractivity contribution in [3.05, 3.63) is 94.1 Å². The summed E-state index contributed by atoms with van der Waals surface area (Å²) in [6.07, 6.45) is 2.56. The lowest BCUT2D eigenvalue weighted by Gasteiger charge is -2.16. The average Bonchev–Trinajstić information content (AvgIpc) is 3.34. The maximum atomic E-state index is 11.4. The van der Waals surface area contributed by atoms with Crippen LogP contribution < -0.4 is 27.2 Å². The number of halogens is 1. The minimum atomic E-state index is 0.00469. The molecule has 0 aromatic heterocycles. The van der Waals surface area contributed by atoms with E-state index in [1.54, 1.807) is 6.20 Å². The first-order chi connectivity index (χ1) is 15.4. The van der Waals surface area contributed by atoms with E-state index in [4.69, 9.17) is 11.6 Å². The van der Waals surface area contributed by atoms with Crippen LogP contribution >= 0.6 is 15.9 Å². The Morgan fingerprint density at radius 1 is 0.875 bits per heavy atom. The van der Waals surface area contributed by atoms with Crippen molar-refractivity contribution in [2.24, 2.45) is 11.6 Å². The Labute approximate surface area is 194 Å². The van der Waals surface area contributed by atoms with Crippen LogP contribution in [-0.2, 0) is 22.4 Å². The molecule has 7 nitrogen and oxygen atoms in total. The standard InChI is InChI=1S/C16H16N4O.C8H6BrNO/c17-14(11-4-2-1-3-5-11)10-20(18)13-6-7-15-12(8-13)9-16(21)19-15;9-6-1-2-7-5(3-6)4-8(11)10-7/h1-8,10H,9,17-18H2,(H,19,21);1-3H,4H2,(H,10,11)/b14-10-;. The summed E-state index contributed by atoms with van der Waals surface area (Å²) >= 11 is 3.35. The predicted octanol–water partition coefficient (Wildman–Crippen LogP) is 3.76. The number of nitrogens with one attached hydrogen (secondary N) is 2. The zero-order valence-electron chi connectivity index (χ0n) is 17.1. The fraction of sp³-hybridized carbons (Fsp3) is 0.0833. The highest BCUT2D eigenvalue weighted by molar-refractivity contribution is 9.10. The third-order valence-corrected chi connectivity index (χ3v) is 5.58. The van der Waals surface area contributed by atoms with Crippen LogP contribution in [0.2, 0.25) is 0 Å². The van der Waals surface area contributed by atoms with Crippen molar-refractivity contribution in [1.82, 2.24) is 0 Å². The molecule has 0 spiro atoms. The number of nitrogens with zero attached hydrogens (tertiary/aromatic N) is 1. The Morgan fingerprint density at radius 3 is 2.12 bits per heavy atom. The Bertz CT molecular complexity index is 1210. The molecule has 2 heterocycles. The van der Waals surface area contributed by atoms with Gasteiger partial charge in [-0.05, 0) is 53.1 Å². The lowest BCUT2D eigenvalue weighted by atomic mass is 10.1. The average molecular weight is 492 g/mol. The molecule has 0 bridgehead atoms. The van der Waals surface area contributed by atoms with E-state index in [-0.39, 0.29) is 11.8 Å².